The Hall–Kier alpha value is -1.39. The van der Waals surface area contributed by atoms with E-state index in [0.717, 1.165) is 12.1 Å². The van der Waals surface area contributed by atoms with E-state index in [0.29, 0.717) is 6.54 Å². The molecule has 0 aromatic heterocycles. The molecule has 1 aliphatic heterocycles. The van der Waals surface area contributed by atoms with E-state index in [1.165, 1.54) is 37.9 Å². The predicted octanol–water partition coefficient (Wildman–Crippen LogP) is 1.64. The van der Waals surface area contributed by atoms with E-state index in [2.05, 4.69) is 34.5 Å². The molecule has 1 fully saturated rings. The minimum atomic E-state index is -0.451. The third kappa shape index (κ3) is 4.62. The Morgan fingerprint density at radius 3 is 2.40 bits per heavy atom. The third-order valence-corrected chi connectivity index (χ3v) is 3.76. The van der Waals surface area contributed by atoms with Gasteiger partial charge in [0.05, 0.1) is 6.04 Å². The molecular formula is C16H25N3O. The molecule has 1 aliphatic rings. The zero-order valence-corrected chi connectivity index (χ0v) is 12.3. The van der Waals surface area contributed by atoms with Crippen LogP contribution in [0.15, 0.2) is 24.3 Å². The molecule has 0 saturated carbocycles. The standard InChI is InChI=1S/C16H25N3O/c1-13(17)16(20)18-11-14-5-7-15(8-6-14)12-19-9-3-2-4-10-19/h5-8,13H,2-4,9-12,17H2,1H3,(H,18,20)/t13-/m0/s1. The maximum absolute atomic E-state index is 11.4. The lowest BCUT2D eigenvalue weighted by Gasteiger charge is -2.26. The minimum absolute atomic E-state index is 0.109. The van der Waals surface area contributed by atoms with Gasteiger partial charge in [0.15, 0.2) is 0 Å². The van der Waals surface area contributed by atoms with Crippen molar-refractivity contribution in [1.82, 2.24) is 10.2 Å². The molecule has 1 amide bonds. The Kier molecular flexibility index (Phi) is 5.56. The molecule has 0 aliphatic carbocycles. The second-order valence-electron chi connectivity index (χ2n) is 5.66. The molecule has 1 aromatic carbocycles. The van der Waals surface area contributed by atoms with E-state index >= 15 is 0 Å². The Bertz CT molecular complexity index is 422. The Morgan fingerprint density at radius 2 is 1.80 bits per heavy atom. The SMILES string of the molecule is C[C@H](N)C(=O)NCc1ccc(CN2CCCCC2)cc1. The minimum Gasteiger partial charge on any atom is -0.351 e. The lowest BCUT2D eigenvalue weighted by Crippen LogP contribution is -2.37. The molecule has 1 heterocycles. The average molecular weight is 275 g/mol. The van der Waals surface area contributed by atoms with Crippen molar-refractivity contribution in [1.29, 1.82) is 0 Å². The van der Waals surface area contributed by atoms with E-state index < -0.39 is 6.04 Å². The van der Waals surface area contributed by atoms with Gasteiger partial charge in [0.2, 0.25) is 5.91 Å². The highest BCUT2D eigenvalue weighted by molar-refractivity contribution is 5.80. The van der Waals surface area contributed by atoms with Gasteiger partial charge in [0.25, 0.3) is 0 Å². The van der Waals surface area contributed by atoms with Crippen LogP contribution in [0.25, 0.3) is 0 Å². The fraction of sp³-hybridized carbons (Fsp3) is 0.562. The highest BCUT2D eigenvalue weighted by Gasteiger charge is 2.10. The van der Waals surface area contributed by atoms with Gasteiger partial charge in [-0.1, -0.05) is 30.7 Å². The first-order valence-electron chi connectivity index (χ1n) is 7.48. The summed E-state index contributed by atoms with van der Waals surface area (Å²) in [6.45, 7) is 5.70. The Labute approximate surface area is 121 Å². The molecular weight excluding hydrogens is 250 g/mol. The van der Waals surface area contributed by atoms with E-state index in [1.807, 2.05) is 0 Å². The number of likely N-dealkylation sites (tertiary alicyclic amines) is 1. The summed E-state index contributed by atoms with van der Waals surface area (Å²) in [5.74, 6) is -0.109. The van der Waals surface area contributed by atoms with Crippen molar-refractivity contribution in [3.8, 4) is 0 Å². The van der Waals surface area contributed by atoms with E-state index in [4.69, 9.17) is 5.73 Å². The van der Waals surface area contributed by atoms with Gasteiger partial charge in [-0.2, -0.15) is 0 Å². The summed E-state index contributed by atoms with van der Waals surface area (Å²) >= 11 is 0. The van der Waals surface area contributed by atoms with E-state index in [9.17, 15) is 4.79 Å². The van der Waals surface area contributed by atoms with Gasteiger partial charge in [-0.05, 0) is 44.0 Å². The van der Waals surface area contributed by atoms with Crippen LogP contribution in [0.4, 0.5) is 0 Å². The molecule has 2 rings (SSSR count). The Balaban J connectivity index is 1.81. The maximum atomic E-state index is 11.4. The van der Waals surface area contributed by atoms with Gasteiger partial charge in [-0.3, -0.25) is 9.69 Å². The average Bonchev–Trinajstić information content (AvgIpc) is 2.47. The molecule has 3 N–H and O–H groups in total. The van der Waals surface area contributed by atoms with E-state index in [-0.39, 0.29) is 5.91 Å². The van der Waals surface area contributed by atoms with Crippen LogP contribution in [0.5, 0.6) is 0 Å². The number of piperidine rings is 1. The number of amides is 1. The van der Waals surface area contributed by atoms with Gasteiger partial charge < -0.3 is 11.1 Å². The number of nitrogens with two attached hydrogens (primary N) is 1. The number of rotatable bonds is 5. The molecule has 4 heteroatoms. The first-order chi connectivity index (χ1) is 9.65. The molecule has 1 saturated heterocycles. The van der Waals surface area contributed by atoms with Gasteiger partial charge >= 0.3 is 0 Å². The highest BCUT2D eigenvalue weighted by atomic mass is 16.2. The van der Waals surface area contributed by atoms with Crippen LogP contribution in [-0.4, -0.2) is 29.9 Å². The van der Waals surface area contributed by atoms with Crippen molar-refractivity contribution in [2.24, 2.45) is 5.73 Å². The van der Waals surface area contributed by atoms with Crippen LogP contribution in [-0.2, 0) is 17.9 Å². The lowest BCUT2D eigenvalue weighted by molar-refractivity contribution is -0.122. The van der Waals surface area contributed by atoms with Crippen molar-refractivity contribution < 1.29 is 4.79 Å². The summed E-state index contributed by atoms with van der Waals surface area (Å²) in [7, 11) is 0. The molecule has 0 spiro atoms. The second kappa shape index (κ2) is 7.41. The lowest BCUT2D eigenvalue weighted by atomic mass is 10.1. The van der Waals surface area contributed by atoms with Crippen molar-refractivity contribution >= 4 is 5.91 Å². The summed E-state index contributed by atoms with van der Waals surface area (Å²) < 4.78 is 0. The van der Waals surface area contributed by atoms with Gasteiger partial charge in [-0.15, -0.1) is 0 Å². The molecule has 0 bridgehead atoms. The molecule has 0 unspecified atom stereocenters. The number of carbonyl (C=O) groups is 1. The molecule has 20 heavy (non-hydrogen) atoms. The summed E-state index contributed by atoms with van der Waals surface area (Å²) in [4.78, 5) is 13.9. The molecule has 1 aromatic rings. The number of hydrogen-bond acceptors (Lipinski definition) is 3. The maximum Gasteiger partial charge on any atom is 0.236 e. The summed E-state index contributed by atoms with van der Waals surface area (Å²) in [6, 6.07) is 8.03. The Morgan fingerprint density at radius 1 is 1.20 bits per heavy atom. The van der Waals surface area contributed by atoms with Gasteiger partial charge in [-0.25, -0.2) is 0 Å². The first-order valence-corrected chi connectivity index (χ1v) is 7.48. The quantitative estimate of drug-likeness (QED) is 0.859. The fourth-order valence-corrected chi connectivity index (χ4v) is 2.49. The number of nitrogens with zero attached hydrogens (tertiary/aromatic N) is 1. The molecule has 4 nitrogen and oxygen atoms in total. The zero-order valence-electron chi connectivity index (χ0n) is 12.3. The number of nitrogens with one attached hydrogen (secondary N) is 1. The van der Waals surface area contributed by atoms with Crippen LogP contribution >= 0.6 is 0 Å². The van der Waals surface area contributed by atoms with Gasteiger partial charge in [0, 0.05) is 13.1 Å². The highest BCUT2D eigenvalue weighted by Crippen LogP contribution is 2.13. The number of hydrogen-bond donors (Lipinski definition) is 2. The summed E-state index contributed by atoms with van der Waals surface area (Å²) in [5, 5.41) is 2.82. The zero-order chi connectivity index (χ0) is 14.4. The number of benzene rings is 1. The van der Waals surface area contributed by atoms with Gasteiger partial charge in [0.1, 0.15) is 0 Å². The van der Waals surface area contributed by atoms with Crippen molar-refractivity contribution in [3.63, 3.8) is 0 Å². The third-order valence-electron chi connectivity index (χ3n) is 3.76. The summed E-state index contributed by atoms with van der Waals surface area (Å²) in [6.07, 6.45) is 4.01. The second-order valence-corrected chi connectivity index (χ2v) is 5.66. The van der Waals surface area contributed by atoms with Crippen molar-refractivity contribution in [2.45, 2.75) is 45.3 Å². The van der Waals surface area contributed by atoms with Crippen LogP contribution in [0.1, 0.15) is 37.3 Å². The topological polar surface area (TPSA) is 58.4 Å². The van der Waals surface area contributed by atoms with Crippen LogP contribution in [0, 0.1) is 0 Å². The van der Waals surface area contributed by atoms with Crippen molar-refractivity contribution in [2.75, 3.05) is 13.1 Å². The summed E-state index contributed by atoms with van der Waals surface area (Å²) in [5.41, 5.74) is 7.96. The fourth-order valence-electron chi connectivity index (χ4n) is 2.49. The molecule has 1 atom stereocenters. The van der Waals surface area contributed by atoms with Crippen LogP contribution in [0.3, 0.4) is 0 Å². The van der Waals surface area contributed by atoms with Crippen LogP contribution < -0.4 is 11.1 Å². The molecule has 110 valence electrons. The normalized spacial score (nSPS) is 17.7. The van der Waals surface area contributed by atoms with Crippen LogP contribution in [0.2, 0.25) is 0 Å². The smallest absolute Gasteiger partial charge is 0.236 e. The van der Waals surface area contributed by atoms with Crippen molar-refractivity contribution in [3.05, 3.63) is 35.4 Å². The number of carbonyl (C=O) groups excluding carboxylic acids is 1. The first kappa shape index (κ1) is 15.0. The van der Waals surface area contributed by atoms with E-state index in [1.54, 1.807) is 6.92 Å². The predicted molar refractivity (Wildman–Crippen MR) is 81.1 cm³/mol. The monoisotopic (exact) mass is 275 g/mol. The molecule has 0 radical (unpaired) electrons. The largest absolute Gasteiger partial charge is 0.351 e.